The Balaban J connectivity index is 2.04. The van der Waals surface area contributed by atoms with Gasteiger partial charge in [0.05, 0.1) is 0 Å². The Morgan fingerprint density at radius 1 is 1.29 bits per heavy atom. The molecule has 1 aliphatic carbocycles. The van der Waals surface area contributed by atoms with E-state index in [9.17, 15) is 0 Å². The van der Waals surface area contributed by atoms with E-state index >= 15 is 0 Å². The monoisotopic (exact) mass is 232 g/mol. The molecule has 2 rings (SSSR count). The van der Waals surface area contributed by atoms with Gasteiger partial charge in [0.25, 0.3) is 0 Å². The quantitative estimate of drug-likeness (QED) is 0.807. The number of hydrogen-bond donors (Lipinski definition) is 1. The third-order valence-electron chi connectivity index (χ3n) is 3.98. The lowest BCUT2D eigenvalue weighted by atomic mass is 10.1. The van der Waals surface area contributed by atoms with E-state index in [1.807, 2.05) is 0 Å². The van der Waals surface area contributed by atoms with Crippen LogP contribution < -0.4 is 5.73 Å². The van der Waals surface area contributed by atoms with Crippen molar-refractivity contribution in [2.75, 3.05) is 12.3 Å². The van der Waals surface area contributed by atoms with Crippen molar-refractivity contribution >= 4 is 5.69 Å². The zero-order valence-electron chi connectivity index (χ0n) is 11.1. The van der Waals surface area contributed by atoms with Gasteiger partial charge in [0, 0.05) is 18.3 Å². The first-order chi connectivity index (χ1) is 8.20. The molecule has 0 aromatic heterocycles. The van der Waals surface area contributed by atoms with Crippen LogP contribution in [0.4, 0.5) is 5.69 Å². The van der Waals surface area contributed by atoms with Crippen molar-refractivity contribution in [3.05, 3.63) is 29.3 Å². The lowest BCUT2D eigenvalue weighted by molar-refractivity contribution is 0.200. The highest BCUT2D eigenvalue weighted by molar-refractivity contribution is 5.48. The average Bonchev–Trinajstić information content (AvgIpc) is 2.84. The maximum Gasteiger partial charge on any atom is 0.0346 e. The van der Waals surface area contributed by atoms with Gasteiger partial charge in [-0.25, -0.2) is 0 Å². The van der Waals surface area contributed by atoms with Crippen molar-refractivity contribution in [2.24, 2.45) is 0 Å². The number of aryl methyl sites for hydroxylation is 1. The fourth-order valence-corrected chi connectivity index (χ4v) is 2.79. The van der Waals surface area contributed by atoms with Crippen LogP contribution in [0, 0.1) is 6.92 Å². The Hall–Kier alpha value is -1.02. The second-order valence-corrected chi connectivity index (χ2v) is 5.19. The molecule has 2 nitrogen and oxygen atoms in total. The first-order valence-electron chi connectivity index (χ1n) is 6.79. The lowest BCUT2D eigenvalue weighted by Crippen LogP contribution is -2.32. The molecule has 2 N–H and O–H groups in total. The second kappa shape index (κ2) is 5.54. The summed E-state index contributed by atoms with van der Waals surface area (Å²) in [7, 11) is 0. The van der Waals surface area contributed by atoms with Gasteiger partial charge in [0.2, 0.25) is 0 Å². The summed E-state index contributed by atoms with van der Waals surface area (Å²) in [6.07, 6.45) is 5.54. The molecule has 0 unspecified atom stereocenters. The highest BCUT2D eigenvalue weighted by Gasteiger charge is 2.21. The molecular weight excluding hydrogens is 208 g/mol. The number of rotatable bonds is 4. The molecule has 0 saturated heterocycles. The van der Waals surface area contributed by atoms with Gasteiger partial charge >= 0.3 is 0 Å². The molecule has 1 saturated carbocycles. The van der Waals surface area contributed by atoms with Gasteiger partial charge in [-0.2, -0.15) is 0 Å². The SMILES string of the molecule is CCN(Cc1ccc(C)c(N)c1)C1CCCC1. The number of nitrogen functional groups attached to an aromatic ring is 1. The highest BCUT2D eigenvalue weighted by atomic mass is 15.1. The fraction of sp³-hybridized carbons (Fsp3) is 0.600. The van der Waals surface area contributed by atoms with Crippen molar-refractivity contribution in [2.45, 2.75) is 52.1 Å². The Bertz CT molecular complexity index is 367. The van der Waals surface area contributed by atoms with Crippen LogP contribution in [0.25, 0.3) is 0 Å². The molecule has 2 heteroatoms. The molecule has 1 aromatic rings. The minimum Gasteiger partial charge on any atom is -0.399 e. The molecule has 94 valence electrons. The van der Waals surface area contributed by atoms with E-state index in [4.69, 9.17) is 5.73 Å². The number of nitrogens with zero attached hydrogens (tertiary/aromatic N) is 1. The fourth-order valence-electron chi connectivity index (χ4n) is 2.79. The zero-order chi connectivity index (χ0) is 12.3. The molecule has 0 spiro atoms. The van der Waals surface area contributed by atoms with Crippen LogP contribution in [0.2, 0.25) is 0 Å². The first-order valence-corrected chi connectivity index (χ1v) is 6.79. The summed E-state index contributed by atoms with van der Waals surface area (Å²) in [6.45, 7) is 6.51. The Morgan fingerprint density at radius 2 is 2.00 bits per heavy atom. The van der Waals surface area contributed by atoms with Gasteiger partial charge in [-0.15, -0.1) is 0 Å². The van der Waals surface area contributed by atoms with Gasteiger partial charge in [-0.3, -0.25) is 4.90 Å². The molecule has 0 aliphatic heterocycles. The Kier molecular flexibility index (Phi) is 4.06. The number of hydrogen-bond acceptors (Lipinski definition) is 2. The van der Waals surface area contributed by atoms with E-state index < -0.39 is 0 Å². The van der Waals surface area contributed by atoms with Crippen LogP contribution in [-0.2, 0) is 6.54 Å². The highest BCUT2D eigenvalue weighted by Crippen LogP contribution is 2.25. The number of benzene rings is 1. The number of anilines is 1. The van der Waals surface area contributed by atoms with Crippen LogP contribution in [0.3, 0.4) is 0 Å². The van der Waals surface area contributed by atoms with Crippen molar-refractivity contribution < 1.29 is 0 Å². The van der Waals surface area contributed by atoms with Crippen LogP contribution in [-0.4, -0.2) is 17.5 Å². The van der Waals surface area contributed by atoms with E-state index in [0.717, 1.165) is 24.8 Å². The van der Waals surface area contributed by atoms with Crippen LogP contribution in [0.15, 0.2) is 18.2 Å². The summed E-state index contributed by atoms with van der Waals surface area (Å²) in [5.41, 5.74) is 9.42. The van der Waals surface area contributed by atoms with Crippen molar-refractivity contribution in [1.29, 1.82) is 0 Å². The van der Waals surface area contributed by atoms with E-state index in [0.29, 0.717) is 0 Å². The Labute approximate surface area is 105 Å². The molecule has 0 amide bonds. The van der Waals surface area contributed by atoms with Gasteiger partial charge in [-0.05, 0) is 43.5 Å². The third kappa shape index (κ3) is 3.01. The molecule has 0 radical (unpaired) electrons. The van der Waals surface area contributed by atoms with Crippen molar-refractivity contribution in [3.63, 3.8) is 0 Å². The zero-order valence-corrected chi connectivity index (χ0v) is 11.1. The summed E-state index contributed by atoms with van der Waals surface area (Å²) >= 11 is 0. The van der Waals surface area contributed by atoms with Crippen LogP contribution >= 0.6 is 0 Å². The van der Waals surface area contributed by atoms with Gasteiger partial charge in [-0.1, -0.05) is 31.9 Å². The third-order valence-corrected chi connectivity index (χ3v) is 3.98. The van der Waals surface area contributed by atoms with E-state index in [1.165, 1.54) is 36.8 Å². The molecular formula is C15H24N2. The molecule has 1 aliphatic rings. The van der Waals surface area contributed by atoms with E-state index in [2.05, 4.69) is 36.9 Å². The van der Waals surface area contributed by atoms with E-state index in [-0.39, 0.29) is 0 Å². The summed E-state index contributed by atoms with van der Waals surface area (Å²) in [5.74, 6) is 0. The molecule has 0 bridgehead atoms. The van der Waals surface area contributed by atoms with Crippen molar-refractivity contribution in [1.82, 2.24) is 4.90 Å². The lowest BCUT2D eigenvalue weighted by Gasteiger charge is -2.27. The summed E-state index contributed by atoms with van der Waals surface area (Å²) in [6, 6.07) is 7.27. The largest absolute Gasteiger partial charge is 0.399 e. The minimum atomic E-state index is 0.794. The van der Waals surface area contributed by atoms with Gasteiger partial charge in [0.15, 0.2) is 0 Å². The molecule has 0 atom stereocenters. The van der Waals surface area contributed by atoms with E-state index in [1.54, 1.807) is 0 Å². The smallest absolute Gasteiger partial charge is 0.0346 e. The molecule has 17 heavy (non-hydrogen) atoms. The normalized spacial score (nSPS) is 16.9. The Morgan fingerprint density at radius 3 is 2.59 bits per heavy atom. The summed E-state index contributed by atoms with van der Waals surface area (Å²) in [4.78, 5) is 2.59. The minimum absolute atomic E-state index is 0.794. The standard InChI is InChI=1S/C15H24N2/c1-3-17(14-6-4-5-7-14)11-13-9-8-12(2)15(16)10-13/h8-10,14H,3-7,11,16H2,1-2H3. The second-order valence-electron chi connectivity index (χ2n) is 5.19. The predicted molar refractivity (Wildman–Crippen MR) is 73.9 cm³/mol. The summed E-state index contributed by atoms with van der Waals surface area (Å²) in [5, 5.41) is 0. The van der Waals surface area contributed by atoms with Crippen LogP contribution in [0.5, 0.6) is 0 Å². The molecule has 1 fully saturated rings. The molecule has 0 heterocycles. The first kappa shape index (κ1) is 12.4. The maximum absolute atomic E-state index is 5.97. The predicted octanol–water partition coefficient (Wildman–Crippen LogP) is 3.34. The summed E-state index contributed by atoms with van der Waals surface area (Å²) < 4.78 is 0. The number of nitrogens with two attached hydrogens (primary N) is 1. The van der Waals surface area contributed by atoms with Crippen LogP contribution in [0.1, 0.15) is 43.7 Å². The molecule has 1 aromatic carbocycles. The van der Waals surface area contributed by atoms with Gasteiger partial charge in [0.1, 0.15) is 0 Å². The topological polar surface area (TPSA) is 29.3 Å². The van der Waals surface area contributed by atoms with Gasteiger partial charge < -0.3 is 5.73 Å². The average molecular weight is 232 g/mol. The van der Waals surface area contributed by atoms with Crippen molar-refractivity contribution in [3.8, 4) is 0 Å². The maximum atomic E-state index is 5.97.